The van der Waals surface area contributed by atoms with Crippen molar-refractivity contribution in [2.75, 3.05) is 13.7 Å². The van der Waals surface area contributed by atoms with Crippen LogP contribution in [0.1, 0.15) is 70.6 Å². The molecule has 1 aliphatic heterocycles. The zero-order chi connectivity index (χ0) is 13.8. The van der Waals surface area contributed by atoms with Crippen LogP contribution in [0.4, 0.5) is 0 Å². The summed E-state index contributed by atoms with van der Waals surface area (Å²) in [5, 5.41) is 7.03. The molecule has 4 nitrogen and oxygen atoms in total. The van der Waals surface area contributed by atoms with Crippen molar-refractivity contribution in [3.05, 3.63) is 0 Å². The van der Waals surface area contributed by atoms with Gasteiger partial charge in [0.1, 0.15) is 7.11 Å². The molecule has 1 amide bonds. The highest BCUT2D eigenvalue weighted by molar-refractivity contribution is 5.84. The minimum atomic E-state index is 0.173. The summed E-state index contributed by atoms with van der Waals surface area (Å²) < 4.78 is 0. The second-order valence-electron chi connectivity index (χ2n) is 5.27. The zero-order valence-corrected chi connectivity index (χ0v) is 12.2. The van der Waals surface area contributed by atoms with Gasteiger partial charge in [0.05, 0.1) is 5.71 Å². The Bertz CT molecular complexity index is 277. The number of rotatable bonds is 1. The van der Waals surface area contributed by atoms with Gasteiger partial charge in [-0.1, -0.05) is 43.7 Å². The fourth-order valence-electron chi connectivity index (χ4n) is 2.46. The average Bonchev–Trinajstić information content (AvgIpc) is 2.40. The number of oxime groups is 1. The molecule has 19 heavy (non-hydrogen) atoms. The minimum absolute atomic E-state index is 0.173. The Balaban J connectivity index is 2.37. The van der Waals surface area contributed by atoms with Crippen molar-refractivity contribution in [2.24, 2.45) is 5.16 Å². The van der Waals surface area contributed by atoms with Crippen molar-refractivity contribution in [1.82, 2.24) is 5.32 Å². The smallest absolute Gasteiger partial charge is 0.220 e. The molecule has 4 heteroatoms. The third kappa shape index (κ3) is 8.62. The molecule has 0 aromatic rings. The van der Waals surface area contributed by atoms with Gasteiger partial charge in [0.15, 0.2) is 0 Å². The number of nitrogens with zero attached hydrogens (tertiary/aromatic N) is 1. The van der Waals surface area contributed by atoms with Crippen LogP contribution in [-0.4, -0.2) is 25.3 Å². The van der Waals surface area contributed by atoms with Gasteiger partial charge in [-0.3, -0.25) is 4.79 Å². The molecule has 1 saturated heterocycles. The standard InChI is InChI=1S/C15H28N2O2/c1-19-17-14-10-8-6-4-2-3-5-7-9-11-15(18)16-13-12-14/h2-13H2,1H3,(H,16,18)/b17-14-. The molecule has 0 bridgehead atoms. The van der Waals surface area contributed by atoms with Crippen molar-refractivity contribution in [3.63, 3.8) is 0 Å². The van der Waals surface area contributed by atoms with Gasteiger partial charge in [-0.15, -0.1) is 0 Å². The van der Waals surface area contributed by atoms with Gasteiger partial charge >= 0.3 is 0 Å². The van der Waals surface area contributed by atoms with Gasteiger partial charge in [0.25, 0.3) is 0 Å². The summed E-state index contributed by atoms with van der Waals surface area (Å²) in [5.41, 5.74) is 1.07. The van der Waals surface area contributed by atoms with Crippen LogP contribution in [0, 0.1) is 0 Å². The Labute approximate surface area is 117 Å². The number of carbonyl (C=O) groups is 1. The Hall–Kier alpha value is -1.06. The molecule has 0 atom stereocenters. The summed E-state index contributed by atoms with van der Waals surface area (Å²) in [6, 6.07) is 0. The van der Waals surface area contributed by atoms with Crippen molar-refractivity contribution < 1.29 is 9.63 Å². The molecule has 0 aromatic heterocycles. The van der Waals surface area contributed by atoms with E-state index in [-0.39, 0.29) is 5.91 Å². The number of nitrogens with one attached hydrogen (secondary N) is 1. The summed E-state index contributed by atoms with van der Waals surface area (Å²) in [6.07, 6.45) is 12.3. The molecular formula is C15H28N2O2. The van der Waals surface area contributed by atoms with E-state index in [1.807, 2.05) is 0 Å². The van der Waals surface area contributed by atoms with E-state index in [1.54, 1.807) is 7.11 Å². The maximum Gasteiger partial charge on any atom is 0.220 e. The van der Waals surface area contributed by atoms with E-state index in [0.717, 1.165) is 25.0 Å². The quantitative estimate of drug-likeness (QED) is 0.741. The Morgan fingerprint density at radius 2 is 1.47 bits per heavy atom. The van der Waals surface area contributed by atoms with Crippen LogP contribution in [0.5, 0.6) is 0 Å². The lowest BCUT2D eigenvalue weighted by atomic mass is 10.0. The van der Waals surface area contributed by atoms with E-state index in [0.29, 0.717) is 13.0 Å². The SMILES string of the molecule is CO/N=C1/CCCCCCCCCCC(=O)NCC1. The fourth-order valence-corrected chi connectivity index (χ4v) is 2.46. The van der Waals surface area contributed by atoms with Crippen LogP contribution in [0.25, 0.3) is 0 Å². The molecule has 110 valence electrons. The van der Waals surface area contributed by atoms with Crippen LogP contribution in [0.3, 0.4) is 0 Å². The summed E-state index contributed by atoms with van der Waals surface area (Å²) in [6.45, 7) is 0.682. The molecule has 1 aliphatic rings. The van der Waals surface area contributed by atoms with Gasteiger partial charge in [-0.25, -0.2) is 0 Å². The summed E-state index contributed by atoms with van der Waals surface area (Å²) in [7, 11) is 1.58. The molecule has 0 saturated carbocycles. The van der Waals surface area contributed by atoms with E-state index in [4.69, 9.17) is 4.84 Å². The largest absolute Gasteiger partial charge is 0.399 e. The highest BCUT2D eigenvalue weighted by Gasteiger charge is 2.05. The Morgan fingerprint density at radius 3 is 2.11 bits per heavy atom. The summed E-state index contributed by atoms with van der Waals surface area (Å²) in [5.74, 6) is 0.173. The normalized spacial score (nSPS) is 23.2. The molecular weight excluding hydrogens is 240 g/mol. The van der Waals surface area contributed by atoms with Gasteiger partial charge < -0.3 is 10.2 Å². The topological polar surface area (TPSA) is 50.7 Å². The van der Waals surface area contributed by atoms with Crippen molar-refractivity contribution in [1.29, 1.82) is 0 Å². The minimum Gasteiger partial charge on any atom is -0.399 e. The van der Waals surface area contributed by atoms with Gasteiger partial charge in [-0.2, -0.15) is 0 Å². The van der Waals surface area contributed by atoms with Crippen molar-refractivity contribution in [2.45, 2.75) is 70.6 Å². The Morgan fingerprint density at radius 1 is 0.895 bits per heavy atom. The maximum atomic E-state index is 11.6. The molecule has 1 rings (SSSR count). The monoisotopic (exact) mass is 268 g/mol. The maximum absolute atomic E-state index is 11.6. The third-order valence-corrected chi connectivity index (χ3v) is 3.58. The van der Waals surface area contributed by atoms with Gasteiger partial charge in [-0.05, 0) is 19.3 Å². The van der Waals surface area contributed by atoms with E-state index < -0.39 is 0 Å². The molecule has 0 spiro atoms. The second kappa shape index (κ2) is 10.8. The van der Waals surface area contributed by atoms with Gasteiger partial charge in [0.2, 0.25) is 5.91 Å². The lowest BCUT2D eigenvalue weighted by Gasteiger charge is -2.07. The number of amides is 1. The van der Waals surface area contributed by atoms with Crippen LogP contribution in [0.15, 0.2) is 5.16 Å². The molecule has 1 fully saturated rings. The van der Waals surface area contributed by atoms with E-state index in [9.17, 15) is 4.79 Å². The number of carbonyl (C=O) groups excluding carboxylic acids is 1. The highest BCUT2D eigenvalue weighted by atomic mass is 16.6. The summed E-state index contributed by atoms with van der Waals surface area (Å²) >= 11 is 0. The van der Waals surface area contributed by atoms with Crippen LogP contribution in [0.2, 0.25) is 0 Å². The zero-order valence-electron chi connectivity index (χ0n) is 12.2. The van der Waals surface area contributed by atoms with Crippen LogP contribution in [-0.2, 0) is 9.63 Å². The molecule has 0 aliphatic carbocycles. The number of hydrogen-bond acceptors (Lipinski definition) is 3. The first-order valence-corrected chi connectivity index (χ1v) is 7.68. The number of hydrogen-bond donors (Lipinski definition) is 1. The summed E-state index contributed by atoms with van der Waals surface area (Å²) in [4.78, 5) is 16.5. The van der Waals surface area contributed by atoms with Crippen molar-refractivity contribution >= 4 is 11.6 Å². The molecule has 0 unspecified atom stereocenters. The first-order chi connectivity index (χ1) is 9.33. The van der Waals surface area contributed by atoms with Crippen LogP contribution < -0.4 is 5.32 Å². The van der Waals surface area contributed by atoms with E-state index in [2.05, 4.69) is 10.5 Å². The second-order valence-corrected chi connectivity index (χ2v) is 5.27. The predicted octanol–water partition coefficient (Wildman–Crippen LogP) is 3.41. The van der Waals surface area contributed by atoms with E-state index in [1.165, 1.54) is 44.9 Å². The molecule has 0 radical (unpaired) electrons. The third-order valence-electron chi connectivity index (χ3n) is 3.58. The highest BCUT2D eigenvalue weighted by Crippen LogP contribution is 2.12. The first-order valence-electron chi connectivity index (χ1n) is 7.68. The van der Waals surface area contributed by atoms with Gasteiger partial charge in [0, 0.05) is 19.4 Å². The van der Waals surface area contributed by atoms with Crippen molar-refractivity contribution in [3.8, 4) is 0 Å². The lowest BCUT2D eigenvalue weighted by Crippen LogP contribution is -2.25. The average molecular weight is 268 g/mol. The first kappa shape index (κ1) is 16.0. The molecule has 1 heterocycles. The lowest BCUT2D eigenvalue weighted by molar-refractivity contribution is -0.121. The molecule has 0 aromatic carbocycles. The fraction of sp³-hybridized carbons (Fsp3) is 0.867. The molecule has 1 N–H and O–H groups in total. The Kier molecular flexibility index (Phi) is 9.11. The van der Waals surface area contributed by atoms with Crippen LogP contribution >= 0.6 is 0 Å². The predicted molar refractivity (Wildman–Crippen MR) is 78.2 cm³/mol. The van der Waals surface area contributed by atoms with E-state index >= 15 is 0 Å².